The van der Waals surface area contributed by atoms with Gasteiger partial charge in [-0.1, -0.05) is 19.1 Å². The molecule has 0 aliphatic heterocycles. The molecule has 0 fully saturated rings. The summed E-state index contributed by atoms with van der Waals surface area (Å²) in [6.45, 7) is 1.90. The lowest BCUT2D eigenvalue weighted by molar-refractivity contribution is -0.140. The van der Waals surface area contributed by atoms with Gasteiger partial charge in [-0.15, -0.1) is 0 Å². The molecule has 1 rings (SSSR count). The first kappa shape index (κ1) is 15.5. The molecule has 0 spiro atoms. The molecule has 0 bridgehead atoms. The monoisotopic (exact) mass is 275 g/mol. The van der Waals surface area contributed by atoms with E-state index in [9.17, 15) is 18.0 Å². The average molecular weight is 275 g/mol. The van der Waals surface area contributed by atoms with E-state index in [-0.39, 0.29) is 12.1 Å². The van der Waals surface area contributed by atoms with Gasteiger partial charge >= 0.3 is 12.1 Å². The van der Waals surface area contributed by atoms with Crippen LogP contribution in [0.3, 0.4) is 0 Å². The maximum absolute atomic E-state index is 12.3. The van der Waals surface area contributed by atoms with Crippen LogP contribution in [0.2, 0.25) is 0 Å². The van der Waals surface area contributed by atoms with Gasteiger partial charge in [-0.3, -0.25) is 0 Å². The maximum atomic E-state index is 12.3. The minimum absolute atomic E-state index is 0.128. The van der Waals surface area contributed by atoms with Crippen molar-refractivity contribution in [3.8, 4) is 0 Å². The molecule has 0 saturated carbocycles. The van der Waals surface area contributed by atoms with Gasteiger partial charge in [-0.2, -0.15) is 13.2 Å². The smallest absolute Gasteiger partial charge is 0.390 e. The van der Waals surface area contributed by atoms with Crippen LogP contribution in [0.5, 0.6) is 0 Å². The zero-order valence-electron chi connectivity index (χ0n) is 10.5. The number of benzene rings is 1. The Morgan fingerprint density at radius 1 is 1.42 bits per heavy atom. The lowest BCUT2D eigenvalue weighted by Gasteiger charge is -2.18. The normalized spacial score (nSPS) is 13.3. The predicted octanol–water partition coefficient (Wildman–Crippen LogP) is 3.21. The Labute approximate surface area is 109 Å². The molecule has 6 heteroatoms. The third-order valence-electron chi connectivity index (χ3n) is 2.74. The molecule has 19 heavy (non-hydrogen) atoms. The second-order valence-corrected chi connectivity index (χ2v) is 4.31. The van der Waals surface area contributed by atoms with Crippen LogP contribution in [-0.2, 0) is 6.54 Å². The highest BCUT2D eigenvalue weighted by atomic mass is 19.4. The van der Waals surface area contributed by atoms with E-state index in [1.807, 2.05) is 0 Å². The molecule has 1 unspecified atom stereocenters. The Kier molecular flexibility index (Phi) is 5.35. The van der Waals surface area contributed by atoms with Crippen LogP contribution in [0.1, 0.15) is 35.7 Å². The van der Waals surface area contributed by atoms with Gasteiger partial charge in [0.2, 0.25) is 0 Å². The average Bonchev–Trinajstić information content (AvgIpc) is 2.33. The van der Waals surface area contributed by atoms with E-state index < -0.39 is 24.6 Å². The fraction of sp³-hybridized carbons (Fsp3) is 0.462. The third-order valence-corrected chi connectivity index (χ3v) is 2.74. The van der Waals surface area contributed by atoms with Crippen LogP contribution in [0.4, 0.5) is 13.2 Å². The number of hydrogen-bond acceptors (Lipinski definition) is 2. The predicted molar refractivity (Wildman–Crippen MR) is 65.0 cm³/mol. The molecule has 1 aromatic carbocycles. The van der Waals surface area contributed by atoms with Gasteiger partial charge in [0.1, 0.15) is 0 Å². The van der Waals surface area contributed by atoms with Crippen molar-refractivity contribution in [2.24, 2.45) is 0 Å². The largest absolute Gasteiger partial charge is 0.478 e. The summed E-state index contributed by atoms with van der Waals surface area (Å²) in [4.78, 5) is 10.8. The zero-order chi connectivity index (χ0) is 14.5. The molecular formula is C13H16F3NO2. The van der Waals surface area contributed by atoms with Gasteiger partial charge in [0.15, 0.2) is 0 Å². The molecule has 3 nitrogen and oxygen atoms in total. The van der Waals surface area contributed by atoms with Crippen molar-refractivity contribution in [2.75, 3.05) is 0 Å². The Morgan fingerprint density at radius 2 is 2.11 bits per heavy atom. The standard InChI is InChI=1S/C13H16F3NO2/c1-2-11(7-13(14,15)16)17-8-9-4-3-5-10(6-9)12(18)19/h3-6,11,17H,2,7-8H2,1H3,(H,18,19). The summed E-state index contributed by atoms with van der Waals surface area (Å²) in [7, 11) is 0. The number of carboxylic acids is 1. The highest BCUT2D eigenvalue weighted by Gasteiger charge is 2.30. The topological polar surface area (TPSA) is 49.3 Å². The van der Waals surface area contributed by atoms with E-state index in [1.165, 1.54) is 12.1 Å². The third kappa shape index (κ3) is 5.74. The van der Waals surface area contributed by atoms with Gasteiger partial charge in [-0.05, 0) is 24.1 Å². The van der Waals surface area contributed by atoms with Gasteiger partial charge in [0.25, 0.3) is 0 Å². The summed E-state index contributed by atoms with van der Waals surface area (Å²) in [6, 6.07) is 5.49. The number of aromatic carboxylic acids is 1. The van der Waals surface area contributed by atoms with E-state index in [2.05, 4.69) is 5.32 Å². The molecule has 0 aliphatic carbocycles. The fourth-order valence-corrected chi connectivity index (χ4v) is 1.72. The van der Waals surface area contributed by atoms with Crippen LogP contribution >= 0.6 is 0 Å². The van der Waals surface area contributed by atoms with E-state index in [4.69, 9.17) is 5.11 Å². The summed E-state index contributed by atoms with van der Waals surface area (Å²) in [5.41, 5.74) is 0.781. The van der Waals surface area contributed by atoms with Crippen molar-refractivity contribution in [2.45, 2.75) is 38.5 Å². The lowest BCUT2D eigenvalue weighted by atomic mass is 10.1. The number of carbonyl (C=O) groups is 1. The lowest BCUT2D eigenvalue weighted by Crippen LogP contribution is -2.32. The first-order valence-corrected chi connectivity index (χ1v) is 5.94. The quantitative estimate of drug-likeness (QED) is 0.838. The van der Waals surface area contributed by atoms with Crippen LogP contribution in [0.25, 0.3) is 0 Å². The molecule has 0 amide bonds. The molecule has 0 saturated heterocycles. The Bertz CT molecular complexity index is 432. The molecule has 0 heterocycles. The van der Waals surface area contributed by atoms with E-state index in [0.29, 0.717) is 12.0 Å². The minimum Gasteiger partial charge on any atom is -0.478 e. The minimum atomic E-state index is -4.20. The molecule has 1 atom stereocenters. The van der Waals surface area contributed by atoms with Crippen LogP contribution < -0.4 is 5.32 Å². The van der Waals surface area contributed by atoms with Gasteiger partial charge in [0, 0.05) is 12.6 Å². The van der Waals surface area contributed by atoms with Crippen LogP contribution in [0.15, 0.2) is 24.3 Å². The highest BCUT2D eigenvalue weighted by Crippen LogP contribution is 2.22. The number of rotatable bonds is 6. The molecule has 2 N–H and O–H groups in total. The Morgan fingerprint density at radius 3 is 2.63 bits per heavy atom. The zero-order valence-corrected chi connectivity index (χ0v) is 10.5. The summed E-state index contributed by atoms with van der Waals surface area (Å²) >= 11 is 0. The van der Waals surface area contributed by atoms with Crippen molar-refractivity contribution < 1.29 is 23.1 Å². The summed E-state index contributed by atoms with van der Waals surface area (Å²) < 4.78 is 36.8. The van der Waals surface area contributed by atoms with Gasteiger partial charge in [-0.25, -0.2) is 4.79 Å². The second kappa shape index (κ2) is 6.56. The Balaban J connectivity index is 2.60. The van der Waals surface area contributed by atoms with Crippen molar-refractivity contribution in [1.29, 1.82) is 0 Å². The molecule has 1 aromatic rings. The fourth-order valence-electron chi connectivity index (χ4n) is 1.72. The van der Waals surface area contributed by atoms with Gasteiger partial charge in [0.05, 0.1) is 12.0 Å². The van der Waals surface area contributed by atoms with Gasteiger partial charge < -0.3 is 10.4 Å². The van der Waals surface area contributed by atoms with Crippen molar-refractivity contribution in [1.82, 2.24) is 5.32 Å². The van der Waals surface area contributed by atoms with E-state index in [0.717, 1.165) is 0 Å². The summed E-state index contributed by atoms with van der Waals surface area (Å²) in [5, 5.41) is 11.6. The molecule has 0 aromatic heterocycles. The van der Waals surface area contributed by atoms with E-state index >= 15 is 0 Å². The number of hydrogen-bond donors (Lipinski definition) is 2. The SMILES string of the molecule is CCC(CC(F)(F)F)NCc1cccc(C(=O)O)c1. The maximum Gasteiger partial charge on any atom is 0.390 e. The highest BCUT2D eigenvalue weighted by molar-refractivity contribution is 5.87. The van der Waals surface area contributed by atoms with Crippen molar-refractivity contribution in [3.63, 3.8) is 0 Å². The summed E-state index contributed by atoms with van der Waals surface area (Å²) in [6.07, 6.45) is -4.73. The van der Waals surface area contributed by atoms with Crippen molar-refractivity contribution >= 4 is 5.97 Å². The molecule has 106 valence electrons. The number of halogens is 3. The molecule has 0 aliphatic rings. The van der Waals surface area contributed by atoms with Crippen LogP contribution in [-0.4, -0.2) is 23.3 Å². The van der Waals surface area contributed by atoms with Crippen LogP contribution in [0, 0.1) is 0 Å². The number of carboxylic acid groups (broad SMARTS) is 1. The first-order valence-electron chi connectivity index (χ1n) is 5.94. The number of nitrogens with one attached hydrogen (secondary N) is 1. The Hall–Kier alpha value is -1.56. The molecular weight excluding hydrogens is 259 g/mol. The first-order chi connectivity index (χ1) is 8.81. The number of alkyl halides is 3. The molecule has 0 radical (unpaired) electrons. The van der Waals surface area contributed by atoms with E-state index in [1.54, 1.807) is 19.1 Å². The van der Waals surface area contributed by atoms with Crippen molar-refractivity contribution in [3.05, 3.63) is 35.4 Å². The second-order valence-electron chi connectivity index (χ2n) is 4.31. The summed E-state index contributed by atoms with van der Waals surface area (Å²) in [5.74, 6) is -1.05.